The Kier molecular flexibility index (Phi) is 4.03. The van der Waals surface area contributed by atoms with Crippen molar-refractivity contribution in [3.05, 3.63) is 64.4 Å². The number of halogens is 2. The minimum atomic E-state index is 0.472. The predicted molar refractivity (Wildman–Crippen MR) is 82.9 cm³/mol. The van der Waals surface area contributed by atoms with Crippen LogP contribution in [-0.4, -0.2) is 20.2 Å². The topological polar surface area (TPSA) is 55.6 Å². The number of rotatable bonds is 4. The average molecular weight is 320 g/mol. The molecule has 3 rings (SSSR count). The Morgan fingerprint density at radius 3 is 2.57 bits per heavy atom. The highest BCUT2D eigenvalue weighted by molar-refractivity contribution is 6.42. The minimum absolute atomic E-state index is 0.472. The molecule has 5 nitrogen and oxygen atoms in total. The third kappa shape index (κ3) is 3.15. The van der Waals surface area contributed by atoms with Crippen molar-refractivity contribution in [2.45, 2.75) is 6.54 Å². The average Bonchev–Trinajstić information content (AvgIpc) is 2.98. The lowest BCUT2D eigenvalue weighted by molar-refractivity contribution is 0.768. The van der Waals surface area contributed by atoms with Crippen LogP contribution >= 0.6 is 23.2 Å². The normalized spacial score (nSPS) is 10.6. The van der Waals surface area contributed by atoms with Crippen LogP contribution in [0.5, 0.6) is 0 Å². The summed E-state index contributed by atoms with van der Waals surface area (Å²) in [6.07, 6.45) is 0. The molecule has 0 amide bonds. The minimum Gasteiger partial charge on any atom is -0.378 e. The SMILES string of the molecule is Clc1ccc(NCc2nnnn2-c2ccccc2)cc1Cl. The molecule has 21 heavy (non-hydrogen) atoms. The molecule has 3 aromatic rings. The largest absolute Gasteiger partial charge is 0.378 e. The van der Waals surface area contributed by atoms with Crippen molar-refractivity contribution in [3.8, 4) is 5.69 Å². The van der Waals surface area contributed by atoms with E-state index in [-0.39, 0.29) is 0 Å². The zero-order chi connectivity index (χ0) is 14.7. The highest BCUT2D eigenvalue weighted by Crippen LogP contribution is 2.25. The number of anilines is 1. The quantitative estimate of drug-likeness (QED) is 0.798. The van der Waals surface area contributed by atoms with Crippen molar-refractivity contribution in [3.63, 3.8) is 0 Å². The molecule has 2 aromatic carbocycles. The second-order valence-electron chi connectivity index (χ2n) is 4.32. The van der Waals surface area contributed by atoms with Crippen molar-refractivity contribution in [1.29, 1.82) is 0 Å². The van der Waals surface area contributed by atoms with E-state index in [2.05, 4.69) is 20.8 Å². The Morgan fingerprint density at radius 2 is 1.81 bits per heavy atom. The van der Waals surface area contributed by atoms with Gasteiger partial charge in [-0.15, -0.1) is 5.10 Å². The Labute approximate surface area is 131 Å². The number of benzene rings is 2. The van der Waals surface area contributed by atoms with Gasteiger partial charge in [0.2, 0.25) is 0 Å². The van der Waals surface area contributed by atoms with Crippen LogP contribution < -0.4 is 5.32 Å². The van der Waals surface area contributed by atoms with Gasteiger partial charge in [0, 0.05) is 5.69 Å². The first-order valence-corrected chi connectivity index (χ1v) is 7.01. The third-order valence-electron chi connectivity index (χ3n) is 2.91. The summed E-state index contributed by atoms with van der Waals surface area (Å²) in [5, 5.41) is 16.0. The molecule has 1 N–H and O–H groups in total. The smallest absolute Gasteiger partial charge is 0.175 e. The molecule has 0 atom stereocenters. The van der Waals surface area contributed by atoms with Crippen LogP contribution in [0.2, 0.25) is 10.0 Å². The molecule has 0 bridgehead atoms. The lowest BCUT2D eigenvalue weighted by atomic mass is 10.3. The van der Waals surface area contributed by atoms with Gasteiger partial charge in [-0.05, 0) is 40.8 Å². The van der Waals surface area contributed by atoms with E-state index in [0.717, 1.165) is 11.4 Å². The molecule has 7 heteroatoms. The lowest BCUT2D eigenvalue weighted by Crippen LogP contribution is -2.08. The first-order chi connectivity index (χ1) is 10.2. The van der Waals surface area contributed by atoms with Gasteiger partial charge in [-0.3, -0.25) is 0 Å². The van der Waals surface area contributed by atoms with E-state index < -0.39 is 0 Å². The number of tetrazole rings is 1. The molecule has 0 aliphatic carbocycles. The highest BCUT2D eigenvalue weighted by atomic mass is 35.5. The molecule has 0 unspecified atom stereocenters. The number of hydrogen-bond acceptors (Lipinski definition) is 4. The zero-order valence-corrected chi connectivity index (χ0v) is 12.4. The van der Waals surface area contributed by atoms with Gasteiger partial charge >= 0.3 is 0 Å². The van der Waals surface area contributed by atoms with E-state index >= 15 is 0 Å². The standard InChI is InChI=1S/C14H11Cl2N5/c15-12-7-6-10(8-13(12)16)17-9-14-18-19-20-21(14)11-4-2-1-3-5-11/h1-8,17H,9H2. The molecule has 1 aromatic heterocycles. The summed E-state index contributed by atoms with van der Waals surface area (Å²) in [7, 11) is 0. The fraction of sp³-hybridized carbons (Fsp3) is 0.0714. The molecule has 0 fully saturated rings. The molecule has 106 valence electrons. The maximum absolute atomic E-state index is 5.98. The van der Waals surface area contributed by atoms with E-state index in [9.17, 15) is 0 Å². The molecule has 0 spiro atoms. The second kappa shape index (κ2) is 6.11. The van der Waals surface area contributed by atoms with Crippen molar-refractivity contribution in [1.82, 2.24) is 20.2 Å². The molecule has 0 radical (unpaired) electrons. The van der Waals surface area contributed by atoms with Gasteiger partial charge in [-0.1, -0.05) is 41.4 Å². The number of nitrogens with zero attached hydrogens (tertiary/aromatic N) is 4. The number of hydrogen-bond donors (Lipinski definition) is 1. The van der Waals surface area contributed by atoms with Crippen molar-refractivity contribution in [2.75, 3.05) is 5.32 Å². The molecule has 0 aliphatic heterocycles. The second-order valence-corrected chi connectivity index (χ2v) is 5.14. The van der Waals surface area contributed by atoms with Crippen LogP contribution in [0.3, 0.4) is 0 Å². The summed E-state index contributed by atoms with van der Waals surface area (Å²) < 4.78 is 1.69. The summed E-state index contributed by atoms with van der Waals surface area (Å²) in [5.41, 5.74) is 1.76. The highest BCUT2D eigenvalue weighted by Gasteiger charge is 2.08. The van der Waals surface area contributed by atoms with Crippen LogP contribution in [0.1, 0.15) is 5.82 Å². The van der Waals surface area contributed by atoms with E-state index in [1.807, 2.05) is 36.4 Å². The maximum atomic E-state index is 5.98. The number of aromatic nitrogens is 4. The summed E-state index contributed by atoms with van der Waals surface area (Å²) in [6.45, 7) is 0.472. The van der Waals surface area contributed by atoms with Gasteiger partial charge < -0.3 is 5.32 Å². The van der Waals surface area contributed by atoms with Gasteiger partial charge in [-0.25, -0.2) is 0 Å². The van der Waals surface area contributed by atoms with Crippen LogP contribution in [-0.2, 0) is 6.54 Å². The van der Waals surface area contributed by atoms with E-state index in [1.54, 1.807) is 16.8 Å². The number of nitrogens with one attached hydrogen (secondary N) is 1. The molecule has 0 saturated carbocycles. The third-order valence-corrected chi connectivity index (χ3v) is 3.64. The Bertz CT molecular complexity index is 742. The first-order valence-electron chi connectivity index (χ1n) is 6.25. The molecular formula is C14H11Cl2N5. The van der Waals surface area contributed by atoms with Crippen molar-refractivity contribution in [2.24, 2.45) is 0 Å². The summed E-state index contributed by atoms with van der Waals surface area (Å²) in [4.78, 5) is 0. The van der Waals surface area contributed by atoms with Gasteiger partial charge in [0.15, 0.2) is 5.82 Å². The van der Waals surface area contributed by atoms with E-state index in [1.165, 1.54) is 0 Å². The molecule has 0 aliphatic rings. The summed E-state index contributed by atoms with van der Waals surface area (Å²) in [6, 6.07) is 15.1. The van der Waals surface area contributed by atoms with Crippen molar-refractivity contribution < 1.29 is 0 Å². The van der Waals surface area contributed by atoms with Gasteiger partial charge in [0.05, 0.1) is 22.3 Å². The lowest BCUT2D eigenvalue weighted by Gasteiger charge is -2.08. The number of para-hydroxylation sites is 1. The first kappa shape index (κ1) is 13.9. The van der Waals surface area contributed by atoms with Gasteiger partial charge in [0.25, 0.3) is 0 Å². The Balaban J connectivity index is 1.77. The van der Waals surface area contributed by atoms with Crippen LogP contribution in [0, 0.1) is 0 Å². The van der Waals surface area contributed by atoms with E-state index in [4.69, 9.17) is 23.2 Å². The Hall–Kier alpha value is -2.11. The monoisotopic (exact) mass is 319 g/mol. The molecule has 0 saturated heterocycles. The van der Waals surface area contributed by atoms with Gasteiger partial charge in [-0.2, -0.15) is 4.68 Å². The fourth-order valence-corrected chi connectivity index (χ4v) is 2.17. The summed E-state index contributed by atoms with van der Waals surface area (Å²) >= 11 is 11.9. The van der Waals surface area contributed by atoms with Gasteiger partial charge in [0.1, 0.15) is 0 Å². The van der Waals surface area contributed by atoms with Crippen LogP contribution in [0.4, 0.5) is 5.69 Å². The Morgan fingerprint density at radius 1 is 1.00 bits per heavy atom. The molecule has 1 heterocycles. The maximum Gasteiger partial charge on any atom is 0.175 e. The predicted octanol–water partition coefficient (Wildman–Crippen LogP) is 3.58. The van der Waals surface area contributed by atoms with E-state index in [0.29, 0.717) is 22.4 Å². The van der Waals surface area contributed by atoms with Crippen LogP contribution in [0.15, 0.2) is 48.5 Å². The molecular weight excluding hydrogens is 309 g/mol. The fourth-order valence-electron chi connectivity index (χ4n) is 1.87. The summed E-state index contributed by atoms with van der Waals surface area (Å²) in [5.74, 6) is 0.701. The van der Waals surface area contributed by atoms with Crippen molar-refractivity contribution >= 4 is 28.9 Å². The van der Waals surface area contributed by atoms with Crippen LogP contribution in [0.25, 0.3) is 5.69 Å². The zero-order valence-electron chi connectivity index (χ0n) is 10.9.